The third kappa shape index (κ3) is 6.84. The quantitative estimate of drug-likeness (QED) is 0.127. The van der Waals surface area contributed by atoms with Gasteiger partial charge in [-0.2, -0.15) is 0 Å². The van der Waals surface area contributed by atoms with E-state index in [0.717, 1.165) is 29.9 Å². The smallest absolute Gasteiger partial charge is 0.0564 e. The maximum atomic E-state index is 3.87. The molecule has 50 heavy (non-hydrogen) atoms. The molecule has 0 saturated heterocycles. The van der Waals surface area contributed by atoms with Gasteiger partial charge in [0.05, 0.1) is 11.2 Å². The van der Waals surface area contributed by atoms with Crippen molar-refractivity contribution in [3.63, 3.8) is 0 Å². The van der Waals surface area contributed by atoms with Crippen LogP contribution in [0.3, 0.4) is 0 Å². The summed E-state index contributed by atoms with van der Waals surface area (Å²) in [6.07, 6.45) is 21.0. The first-order valence-electron chi connectivity index (χ1n) is 17.7. The summed E-state index contributed by atoms with van der Waals surface area (Å²) in [6.45, 7) is 12.6. The predicted molar refractivity (Wildman–Crippen MR) is 219 cm³/mol. The van der Waals surface area contributed by atoms with E-state index in [4.69, 9.17) is 0 Å². The molecule has 6 rings (SSSR count). The summed E-state index contributed by atoms with van der Waals surface area (Å²) in [5, 5.41) is 3.84. The molecule has 0 N–H and O–H groups in total. The lowest BCUT2D eigenvalue weighted by molar-refractivity contribution is 1.06. The first-order valence-corrected chi connectivity index (χ1v) is 17.7. The van der Waals surface area contributed by atoms with Gasteiger partial charge >= 0.3 is 0 Å². The van der Waals surface area contributed by atoms with Gasteiger partial charge in [-0.05, 0) is 90.9 Å². The SMILES string of the molecule is C=C/C=C\C=C/N(c1ccc(-c2ccccc2)cc1)c1cc2c(c(CC)c1/C=C\C)c(=C/CC)/c(=C\C)n2-c1ccc(-c2ccccc2)cc1. The van der Waals surface area contributed by atoms with Crippen LogP contribution in [-0.2, 0) is 6.42 Å². The summed E-state index contributed by atoms with van der Waals surface area (Å²) >= 11 is 0. The van der Waals surface area contributed by atoms with Gasteiger partial charge < -0.3 is 9.47 Å². The molecule has 0 aliphatic rings. The molecule has 0 fully saturated rings. The number of nitrogens with zero attached hydrogens (tertiary/aromatic N) is 2. The molecule has 6 aromatic rings. The van der Waals surface area contributed by atoms with E-state index in [0.29, 0.717) is 0 Å². The van der Waals surface area contributed by atoms with E-state index >= 15 is 0 Å². The molecule has 0 spiro atoms. The van der Waals surface area contributed by atoms with Crippen molar-refractivity contribution in [1.82, 2.24) is 4.57 Å². The van der Waals surface area contributed by atoms with Crippen molar-refractivity contribution >= 4 is 40.5 Å². The summed E-state index contributed by atoms with van der Waals surface area (Å²) in [7, 11) is 0. The Bertz CT molecular complexity index is 2280. The van der Waals surface area contributed by atoms with E-state index in [9.17, 15) is 0 Å². The van der Waals surface area contributed by atoms with Crippen molar-refractivity contribution in [3.05, 3.63) is 180 Å². The van der Waals surface area contributed by atoms with Gasteiger partial charge in [0.1, 0.15) is 0 Å². The Labute approximate surface area is 297 Å². The second kappa shape index (κ2) is 16.0. The fourth-order valence-corrected chi connectivity index (χ4v) is 6.93. The van der Waals surface area contributed by atoms with Crippen LogP contribution in [0.1, 0.15) is 45.2 Å². The van der Waals surface area contributed by atoms with Crippen molar-refractivity contribution in [3.8, 4) is 27.9 Å². The molecular formula is C48H46N2. The zero-order chi connectivity index (χ0) is 34.9. The number of fused-ring (bicyclic) bond motifs is 1. The Kier molecular flexibility index (Phi) is 10.9. The second-order valence-corrected chi connectivity index (χ2v) is 12.2. The lowest BCUT2D eigenvalue weighted by Gasteiger charge is -2.26. The first-order chi connectivity index (χ1) is 24.6. The van der Waals surface area contributed by atoms with Gasteiger partial charge in [-0.15, -0.1) is 0 Å². The highest BCUT2D eigenvalue weighted by molar-refractivity contribution is 5.96. The van der Waals surface area contributed by atoms with Crippen LogP contribution in [0.4, 0.5) is 11.4 Å². The average Bonchev–Trinajstić information content (AvgIpc) is 3.48. The van der Waals surface area contributed by atoms with Gasteiger partial charge in [0.15, 0.2) is 0 Å². The van der Waals surface area contributed by atoms with E-state index in [1.165, 1.54) is 54.9 Å². The summed E-state index contributed by atoms with van der Waals surface area (Å²) in [6, 6.07) is 41.4. The minimum absolute atomic E-state index is 0.898. The molecule has 0 radical (unpaired) electrons. The Balaban J connectivity index is 1.64. The fourth-order valence-electron chi connectivity index (χ4n) is 6.93. The number of rotatable bonds is 11. The molecule has 0 atom stereocenters. The number of aryl methyl sites for hydroxylation is 1. The highest BCUT2D eigenvalue weighted by atomic mass is 15.1. The summed E-state index contributed by atoms with van der Waals surface area (Å²) < 4.78 is 2.45. The van der Waals surface area contributed by atoms with Crippen LogP contribution in [0, 0.1) is 0 Å². The number of hydrogen-bond acceptors (Lipinski definition) is 1. The summed E-state index contributed by atoms with van der Waals surface area (Å²) in [5.74, 6) is 0. The van der Waals surface area contributed by atoms with Gasteiger partial charge in [0.25, 0.3) is 0 Å². The fraction of sp³-hybridized carbons (Fsp3) is 0.125. The van der Waals surface area contributed by atoms with Gasteiger partial charge in [0.2, 0.25) is 0 Å². The number of allylic oxidation sites excluding steroid dienone is 5. The third-order valence-electron chi connectivity index (χ3n) is 9.17. The molecule has 1 heterocycles. The molecule has 1 aromatic heterocycles. The first kappa shape index (κ1) is 34.0. The molecule has 5 aromatic carbocycles. The molecule has 2 nitrogen and oxygen atoms in total. The van der Waals surface area contributed by atoms with Gasteiger partial charge in [0, 0.05) is 39.1 Å². The minimum atomic E-state index is 0.898. The second-order valence-electron chi connectivity index (χ2n) is 12.2. The lowest BCUT2D eigenvalue weighted by atomic mass is 9.95. The van der Waals surface area contributed by atoms with Crippen LogP contribution in [0.15, 0.2) is 158 Å². The lowest BCUT2D eigenvalue weighted by Crippen LogP contribution is -2.28. The van der Waals surface area contributed by atoms with Crippen LogP contribution in [0.25, 0.3) is 57.1 Å². The van der Waals surface area contributed by atoms with Crippen molar-refractivity contribution in [1.29, 1.82) is 0 Å². The van der Waals surface area contributed by atoms with Gasteiger partial charge in [-0.3, -0.25) is 0 Å². The maximum Gasteiger partial charge on any atom is 0.0564 e. The van der Waals surface area contributed by atoms with Crippen LogP contribution in [0.2, 0.25) is 0 Å². The van der Waals surface area contributed by atoms with E-state index in [-0.39, 0.29) is 0 Å². The third-order valence-corrected chi connectivity index (χ3v) is 9.17. The van der Waals surface area contributed by atoms with Crippen LogP contribution in [-0.4, -0.2) is 4.57 Å². The molecule has 0 aliphatic carbocycles. The molecular weight excluding hydrogens is 605 g/mol. The topological polar surface area (TPSA) is 8.17 Å². The number of hydrogen-bond donors (Lipinski definition) is 0. The highest BCUT2D eigenvalue weighted by Gasteiger charge is 2.21. The molecule has 0 bridgehead atoms. The molecule has 248 valence electrons. The molecule has 0 amide bonds. The molecule has 2 heteroatoms. The van der Waals surface area contributed by atoms with Crippen molar-refractivity contribution in [2.24, 2.45) is 0 Å². The Morgan fingerprint density at radius 1 is 0.700 bits per heavy atom. The zero-order valence-electron chi connectivity index (χ0n) is 29.7. The van der Waals surface area contributed by atoms with Crippen LogP contribution in [0.5, 0.6) is 0 Å². The van der Waals surface area contributed by atoms with Crippen molar-refractivity contribution in [2.45, 2.75) is 40.5 Å². The molecule has 0 saturated carbocycles. The molecule has 0 unspecified atom stereocenters. The minimum Gasteiger partial charge on any atom is -0.316 e. The Morgan fingerprint density at radius 2 is 1.30 bits per heavy atom. The molecule has 0 aliphatic heterocycles. The highest BCUT2D eigenvalue weighted by Crippen LogP contribution is 2.38. The van der Waals surface area contributed by atoms with Crippen LogP contribution >= 0.6 is 0 Å². The van der Waals surface area contributed by atoms with E-state index in [1.54, 1.807) is 6.08 Å². The van der Waals surface area contributed by atoms with Gasteiger partial charge in [-0.25, -0.2) is 0 Å². The van der Waals surface area contributed by atoms with Crippen molar-refractivity contribution < 1.29 is 0 Å². The standard InChI is InChI=1S/C48H46N2/c1-6-11-12-19-34-49(40-30-26-38(27-31-40)36-22-15-13-16-23-36)46-35-47-48(42(9-4)43(46)20-7-2)44(21-8-3)45(10-5)50(47)41-32-28-39(29-33-41)37-24-17-14-18-25-37/h6-7,10-35H,1,8-9H2,2-5H3/b12-11-,20-7-,34-19-,44-21+,45-10+. The van der Waals surface area contributed by atoms with E-state index in [2.05, 4.69) is 196 Å². The Morgan fingerprint density at radius 3 is 1.84 bits per heavy atom. The average molecular weight is 651 g/mol. The number of benzene rings is 5. The normalized spacial score (nSPS) is 12.6. The maximum absolute atomic E-state index is 3.87. The van der Waals surface area contributed by atoms with Crippen LogP contribution < -0.4 is 15.5 Å². The Hall–Kier alpha value is -5.86. The van der Waals surface area contributed by atoms with E-state index in [1.807, 2.05) is 12.2 Å². The van der Waals surface area contributed by atoms with Crippen molar-refractivity contribution in [2.75, 3.05) is 4.90 Å². The summed E-state index contributed by atoms with van der Waals surface area (Å²) in [5.41, 5.74) is 12.0. The summed E-state index contributed by atoms with van der Waals surface area (Å²) in [4.78, 5) is 2.32. The van der Waals surface area contributed by atoms with E-state index < -0.39 is 0 Å². The zero-order valence-corrected chi connectivity index (χ0v) is 29.7. The number of aromatic nitrogens is 1. The predicted octanol–water partition coefficient (Wildman–Crippen LogP) is 11.9. The number of anilines is 2. The largest absolute Gasteiger partial charge is 0.316 e. The van der Waals surface area contributed by atoms with Gasteiger partial charge in [-0.1, -0.05) is 148 Å². The monoisotopic (exact) mass is 650 g/mol.